The third kappa shape index (κ3) is 2.37. The molecule has 0 saturated heterocycles. The number of pyridine rings is 1. The van der Waals surface area contributed by atoms with Crippen LogP contribution in [0.15, 0.2) is 42.7 Å². The fraction of sp³-hybridized carbons (Fsp3) is 0.400. The first-order valence-corrected chi connectivity index (χ1v) is 8.48. The molecule has 2 unspecified atom stereocenters. The molecule has 2 aliphatic rings. The van der Waals surface area contributed by atoms with Crippen LogP contribution in [0.1, 0.15) is 29.5 Å². The first kappa shape index (κ1) is 15.2. The van der Waals surface area contributed by atoms with Crippen molar-refractivity contribution >= 4 is 5.91 Å². The number of hydrogen-bond donors (Lipinski definition) is 0. The minimum absolute atomic E-state index is 0.00975. The van der Waals surface area contributed by atoms with Crippen molar-refractivity contribution in [3.05, 3.63) is 59.4 Å². The van der Waals surface area contributed by atoms with Gasteiger partial charge in [0.15, 0.2) is 0 Å². The first-order valence-electron chi connectivity index (χ1n) is 8.48. The van der Waals surface area contributed by atoms with Gasteiger partial charge in [-0.1, -0.05) is 18.2 Å². The summed E-state index contributed by atoms with van der Waals surface area (Å²) in [7, 11) is 1.89. The number of rotatable bonds is 3. The van der Waals surface area contributed by atoms with E-state index in [1.54, 1.807) is 6.20 Å². The van der Waals surface area contributed by atoms with Crippen molar-refractivity contribution in [2.24, 2.45) is 5.92 Å². The van der Waals surface area contributed by atoms with Gasteiger partial charge in [0.2, 0.25) is 5.91 Å². The molecule has 2 atom stereocenters. The summed E-state index contributed by atoms with van der Waals surface area (Å²) in [4.78, 5) is 19.0. The summed E-state index contributed by atoms with van der Waals surface area (Å²) in [6.45, 7) is 3.37. The zero-order valence-electron chi connectivity index (χ0n) is 14.2. The molecule has 4 heteroatoms. The van der Waals surface area contributed by atoms with E-state index < -0.39 is 0 Å². The number of fused-ring (bicyclic) bond motifs is 2. The Morgan fingerprint density at radius 3 is 3.04 bits per heavy atom. The maximum atomic E-state index is 13.0. The van der Waals surface area contributed by atoms with E-state index in [1.165, 1.54) is 11.1 Å². The van der Waals surface area contributed by atoms with Crippen LogP contribution in [-0.4, -0.2) is 29.4 Å². The van der Waals surface area contributed by atoms with Crippen molar-refractivity contribution in [3.63, 3.8) is 0 Å². The SMILES string of the molecule is Cc1ccncc1CN(C)C(=O)C1CC12CCOc1ccccc12. The van der Waals surface area contributed by atoms with Crippen LogP contribution in [0.4, 0.5) is 0 Å². The lowest BCUT2D eigenvalue weighted by Crippen LogP contribution is -2.32. The smallest absolute Gasteiger partial charge is 0.226 e. The van der Waals surface area contributed by atoms with Crippen LogP contribution in [0, 0.1) is 12.8 Å². The summed E-state index contributed by atoms with van der Waals surface area (Å²) in [5.41, 5.74) is 3.48. The van der Waals surface area contributed by atoms with E-state index in [9.17, 15) is 4.79 Å². The van der Waals surface area contributed by atoms with Crippen molar-refractivity contribution in [2.75, 3.05) is 13.7 Å². The molecule has 1 aromatic heterocycles. The number of hydrogen-bond acceptors (Lipinski definition) is 3. The van der Waals surface area contributed by atoms with Gasteiger partial charge in [-0.05, 0) is 43.0 Å². The van der Waals surface area contributed by atoms with Crippen LogP contribution in [0.2, 0.25) is 0 Å². The van der Waals surface area contributed by atoms with Crippen molar-refractivity contribution in [1.29, 1.82) is 0 Å². The molecule has 0 radical (unpaired) electrons. The maximum Gasteiger partial charge on any atom is 0.226 e. The highest BCUT2D eigenvalue weighted by Gasteiger charge is 2.61. The molecule has 1 aromatic carbocycles. The first-order chi connectivity index (χ1) is 11.6. The van der Waals surface area contributed by atoms with Gasteiger partial charge in [-0.2, -0.15) is 0 Å². The largest absolute Gasteiger partial charge is 0.493 e. The standard InChI is InChI=1S/C20H22N2O2/c1-14-7-9-21-12-15(14)13-22(2)19(23)17-11-20(17)8-10-24-18-6-4-3-5-16(18)20/h3-7,9,12,17H,8,10-11,13H2,1-2H3. The Bertz CT molecular complexity index is 789. The zero-order chi connectivity index (χ0) is 16.7. The second-order valence-electron chi connectivity index (χ2n) is 7.00. The third-order valence-electron chi connectivity index (χ3n) is 5.53. The molecule has 0 N–H and O–H groups in total. The van der Waals surface area contributed by atoms with Crippen LogP contribution >= 0.6 is 0 Å². The van der Waals surface area contributed by atoms with Gasteiger partial charge < -0.3 is 9.64 Å². The predicted molar refractivity (Wildman–Crippen MR) is 91.8 cm³/mol. The third-order valence-corrected chi connectivity index (χ3v) is 5.53. The van der Waals surface area contributed by atoms with Gasteiger partial charge in [0.05, 0.1) is 6.61 Å². The Morgan fingerprint density at radius 1 is 1.38 bits per heavy atom. The molecule has 1 spiro atoms. The molecule has 24 heavy (non-hydrogen) atoms. The summed E-state index contributed by atoms with van der Waals surface area (Å²) < 4.78 is 5.77. The molecule has 1 fully saturated rings. The Morgan fingerprint density at radius 2 is 2.21 bits per heavy atom. The highest BCUT2D eigenvalue weighted by atomic mass is 16.5. The highest BCUT2D eigenvalue weighted by molar-refractivity contribution is 5.84. The molecule has 124 valence electrons. The van der Waals surface area contributed by atoms with Gasteiger partial charge in [0.1, 0.15) is 5.75 Å². The summed E-state index contributed by atoms with van der Waals surface area (Å²) >= 11 is 0. The van der Waals surface area contributed by atoms with Gasteiger partial charge in [0, 0.05) is 42.9 Å². The predicted octanol–water partition coefficient (Wildman–Crippen LogP) is 3.09. The van der Waals surface area contributed by atoms with Gasteiger partial charge in [-0.15, -0.1) is 0 Å². The van der Waals surface area contributed by atoms with Crippen LogP contribution < -0.4 is 4.74 Å². The number of aryl methyl sites for hydroxylation is 1. The second kappa shape index (κ2) is 5.62. The quantitative estimate of drug-likeness (QED) is 0.872. The van der Waals surface area contributed by atoms with Gasteiger partial charge in [-0.25, -0.2) is 0 Å². The Kier molecular flexibility index (Phi) is 3.56. The molecule has 4 rings (SSSR count). The van der Waals surface area contributed by atoms with E-state index in [0.29, 0.717) is 13.2 Å². The monoisotopic (exact) mass is 322 g/mol. The topological polar surface area (TPSA) is 42.4 Å². The molecule has 1 saturated carbocycles. The second-order valence-corrected chi connectivity index (χ2v) is 7.00. The molecule has 2 aromatic rings. The summed E-state index contributed by atoms with van der Waals surface area (Å²) in [6.07, 6.45) is 5.50. The normalized spacial score (nSPS) is 24.2. The summed E-state index contributed by atoms with van der Waals surface area (Å²) in [6, 6.07) is 10.2. The number of aromatic nitrogens is 1. The van der Waals surface area contributed by atoms with Crippen molar-refractivity contribution < 1.29 is 9.53 Å². The van der Waals surface area contributed by atoms with E-state index in [1.807, 2.05) is 42.4 Å². The lowest BCUT2D eigenvalue weighted by molar-refractivity contribution is -0.132. The van der Waals surface area contributed by atoms with E-state index in [2.05, 4.69) is 18.0 Å². The number of amides is 1. The Hall–Kier alpha value is -2.36. The fourth-order valence-corrected chi connectivity index (χ4v) is 3.95. The van der Waals surface area contributed by atoms with Crippen molar-refractivity contribution in [2.45, 2.75) is 31.7 Å². The van der Waals surface area contributed by atoms with Gasteiger partial charge >= 0.3 is 0 Å². The highest BCUT2D eigenvalue weighted by Crippen LogP contribution is 2.61. The number of para-hydroxylation sites is 1. The Labute approximate surface area is 142 Å². The molecule has 2 heterocycles. The van der Waals surface area contributed by atoms with Crippen LogP contribution in [0.5, 0.6) is 5.75 Å². The lowest BCUT2D eigenvalue weighted by Gasteiger charge is -2.28. The van der Waals surface area contributed by atoms with E-state index >= 15 is 0 Å². The average Bonchev–Trinajstić information content (AvgIpc) is 3.31. The number of benzene rings is 1. The number of carbonyl (C=O) groups excluding carboxylic acids is 1. The minimum atomic E-state index is -0.00975. The van der Waals surface area contributed by atoms with E-state index in [-0.39, 0.29) is 17.2 Å². The van der Waals surface area contributed by atoms with E-state index in [4.69, 9.17) is 4.74 Å². The average molecular weight is 322 g/mol. The molecule has 4 nitrogen and oxygen atoms in total. The molecule has 1 aliphatic heterocycles. The maximum absolute atomic E-state index is 13.0. The molecule has 1 amide bonds. The minimum Gasteiger partial charge on any atom is -0.493 e. The Balaban J connectivity index is 1.52. The summed E-state index contributed by atoms with van der Waals surface area (Å²) in [5.74, 6) is 1.25. The fourth-order valence-electron chi connectivity index (χ4n) is 3.95. The number of carbonyl (C=O) groups is 1. The molecule has 1 aliphatic carbocycles. The lowest BCUT2D eigenvalue weighted by atomic mass is 9.87. The molecule has 0 bridgehead atoms. The summed E-state index contributed by atoms with van der Waals surface area (Å²) in [5, 5.41) is 0. The number of ether oxygens (including phenoxy) is 1. The van der Waals surface area contributed by atoms with Crippen molar-refractivity contribution in [1.82, 2.24) is 9.88 Å². The van der Waals surface area contributed by atoms with Crippen molar-refractivity contribution in [3.8, 4) is 5.75 Å². The van der Waals surface area contributed by atoms with Crippen LogP contribution in [-0.2, 0) is 16.8 Å². The number of nitrogens with zero attached hydrogens (tertiary/aromatic N) is 2. The van der Waals surface area contributed by atoms with Gasteiger partial charge in [0.25, 0.3) is 0 Å². The van der Waals surface area contributed by atoms with Crippen LogP contribution in [0.25, 0.3) is 0 Å². The molecular formula is C20H22N2O2. The van der Waals surface area contributed by atoms with E-state index in [0.717, 1.165) is 24.2 Å². The van der Waals surface area contributed by atoms with Crippen LogP contribution in [0.3, 0.4) is 0 Å². The molecular weight excluding hydrogens is 300 g/mol. The van der Waals surface area contributed by atoms with Gasteiger partial charge in [-0.3, -0.25) is 9.78 Å². The zero-order valence-corrected chi connectivity index (χ0v) is 14.2.